The molecule has 0 saturated carbocycles. The van der Waals surface area contributed by atoms with Crippen molar-refractivity contribution in [1.82, 2.24) is 9.47 Å². The number of carbonyl (C=O) groups excluding carboxylic acids is 3. The van der Waals surface area contributed by atoms with Crippen LogP contribution in [-0.4, -0.2) is 33.7 Å². The fourth-order valence-corrected chi connectivity index (χ4v) is 4.13. The second-order valence-electron chi connectivity index (χ2n) is 6.01. The zero-order chi connectivity index (χ0) is 19.8. The summed E-state index contributed by atoms with van der Waals surface area (Å²) in [6.07, 6.45) is 5.36. The molecule has 4 rings (SSSR count). The number of benzene rings is 2. The number of hydrogen-bond acceptors (Lipinski definition) is 4. The van der Waals surface area contributed by atoms with E-state index in [0.29, 0.717) is 4.70 Å². The predicted octanol–water partition coefficient (Wildman–Crippen LogP) is 2.20. The highest BCUT2D eigenvalue weighted by Crippen LogP contribution is 2.22. The molecule has 0 radical (unpaired) electrons. The number of para-hydroxylation sites is 1. The second kappa shape index (κ2) is 6.87. The molecule has 2 heterocycles. The van der Waals surface area contributed by atoms with Crippen molar-refractivity contribution in [3.63, 3.8) is 0 Å². The van der Waals surface area contributed by atoms with Crippen LogP contribution in [0.2, 0.25) is 0 Å². The Balaban J connectivity index is 1.69. The van der Waals surface area contributed by atoms with Crippen molar-refractivity contribution >= 4 is 39.3 Å². The highest BCUT2D eigenvalue weighted by atomic mass is 32.1. The minimum atomic E-state index is -0.702. The monoisotopic (exact) mass is 393 g/mol. The van der Waals surface area contributed by atoms with E-state index >= 15 is 0 Å². The number of aromatic nitrogens is 1. The van der Waals surface area contributed by atoms with Crippen LogP contribution in [0.25, 0.3) is 10.2 Å². The van der Waals surface area contributed by atoms with E-state index in [1.54, 1.807) is 24.3 Å². The van der Waals surface area contributed by atoms with Crippen molar-refractivity contribution < 1.29 is 18.8 Å². The Kier molecular flexibility index (Phi) is 4.37. The lowest BCUT2D eigenvalue weighted by atomic mass is 10.1. The minimum absolute atomic E-state index is 0.0278. The average molecular weight is 393 g/mol. The van der Waals surface area contributed by atoms with Gasteiger partial charge in [-0.2, -0.15) is 4.99 Å². The zero-order valence-electron chi connectivity index (χ0n) is 14.4. The molecule has 3 aromatic rings. The summed E-state index contributed by atoms with van der Waals surface area (Å²) < 4.78 is 16.2. The van der Waals surface area contributed by atoms with E-state index in [-0.39, 0.29) is 28.0 Å². The lowest BCUT2D eigenvalue weighted by Crippen LogP contribution is -2.35. The van der Waals surface area contributed by atoms with Crippen LogP contribution in [0.15, 0.2) is 47.5 Å². The van der Waals surface area contributed by atoms with E-state index in [4.69, 9.17) is 6.42 Å². The predicted molar refractivity (Wildman–Crippen MR) is 101 cm³/mol. The third kappa shape index (κ3) is 2.82. The first-order valence-corrected chi connectivity index (χ1v) is 9.07. The molecule has 28 heavy (non-hydrogen) atoms. The van der Waals surface area contributed by atoms with Crippen molar-refractivity contribution in [3.05, 3.63) is 64.2 Å². The van der Waals surface area contributed by atoms with Gasteiger partial charge in [0, 0.05) is 0 Å². The van der Waals surface area contributed by atoms with E-state index in [2.05, 4.69) is 10.9 Å². The van der Waals surface area contributed by atoms with Crippen LogP contribution in [0.3, 0.4) is 0 Å². The van der Waals surface area contributed by atoms with E-state index in [1.807, 2.05) is 0 Å². The molecule has 1 aromatic heterocycles. The highest BCUT2D eigenvalue weighted by Gasteiger charge is 2.36. The standard InChI is InChI=1S/C20H12FN3O3S/c1-2-10-23-17-14(21)8-5-9-15(17)28-20(23)22-16(25)11-24-18(26)12-6-3-4-7-13(12)19(24)27/h1,3-9H,10-11H2. The molecule has 0 fully saturated rings. The minimum Gasteiger partial charge on any atom is -0.302 e. The lowest BCUT2D eigenvalue weighted by molar-refractivity contribution is -0.118. The van der Waals surface area contributed by atoms with Gasteiger partial charge in [0.15, 0.2) is 4.80 Å². The van der Waals surface area contributed by atoms with Gasteiger partial charge in [-0.1, -0.05) is 35.5 Å². The number of imide groups is 1. The van der Waals surface area contributed by atoms with Gasteiger partial charge in [0.2, 0.25) is 0 Å². The number of halogens is 1. The molecule has 6 nitrogen and oxygen atoms in total. The molecule has 0 bridgehead atoms. The van der Waals surface area contributed by atoms with Gasteiger partial charge in [-0.15, -0.1) is 6.42 Å². The summed E-state index contributed by atoms with van der Waals surface area (Å²) in [7, 11) is 0. The molecule has 0 N–H and O–H groups in total. The molecule has 0 unspecified atom stereocenters. The second-order valence-corrected chi connectivity index (χ2v) is 7.02. The topological polar surface area (TPSA) is 71.7 Å². The van der Waals surface area contributed by atoms with Crippen molar-refractivity contribution in [2.75, 3.05) is 6.54 Å². The maximum atomic E-state index is 14.2. The van der Waals surface area contributed by atoms with Gasteiger partial charge in [-0.3, -0.25) is 19.3 Å². The summed E-state index contributed by atoms with van der Waals surface area (Å²) in [5, 5.41) is 0. The van der Waals surface area contributed by atoms with Crippen molar-refractivity contribution in [2.45, 2.75) is 6.54 Å². The normalized spacial score (nSPS) is 13.9. The summed E-state index contributed by atoms with van der Waals surface area (Å²) >= 11 is 1.10. The quantitative estimate of drug-likeness (QED) is 0.506. The Hall–Kier alpha value is -3.57. The molecule has 0 spiro atoms. The number of rotatable bonds is 3. The summed E-state index contributed by atoms with van der Waals surface area (Å²) in [6.45, 7) is -0.473. The zero-order valence-corrected chi connectivity index (χ0v) is 15.2. The van der Waals surface area contributed by atoms with Crippen LogP contribution in [-0.2, 0) is 11.3 Å². The number of hydrogen-bond donors (Lipinski definition) is 0. The molecule has 2 aromatic carbocycles. The molecule has 8 heteroatoms. The molecule has 0 atom stereocenters. The Morgan fingerprint density at radius 3 is 2.43 bits per heavy atom. The fraction of sp³-hybridized carbons (Fsp3) is 0.100. The first-order valence-electron chi connectivity index (χ1n) is 8.25. The summed E-state index contributed by atoms with van der Waals surface area (Å²) in [5.74, 6) is 0.162. The van der Waals surface area contributed by atoms with E-state index < -0.39 is 30.1 Å². The molecular weight excluding hydrogens is 381 g/mol. The Bertz CT molecular complexity index is 1230. The molecular formula is C20H12FN3O3S. The number of thiazole rings is 1. The first-order chi connectivity index (χ1) is 13.5. The van der Waals surface area contributed by atoms with Crippen LogP contribution in [0.1, 0.15) is 20.7 Å². The van der Waals surface area contributed by atoms with Gasteiger partial charge in [0.25, 0.3) is 17.7 Å². The first kappa shape index (κ1) is 17.8. The molecule has 1 aliphatic rings. The molecule has 1 aliphatic heterocycles. The van der Waals surface area contributed by atoms with Gasteiger partial charge >= 0.3 is 0 Å². The van der Waals surface area contributed by atoms with Crippen LogP contribution in [0.5, 0.6) is 0 Å². The summed E-state index contributed by atoms with van der Waals surface area (Å²) in [6, 6.07) is 10.9. The van der Waals surface area contributed by atoms with Gasteiger partial charge in [0.1, 0.15) is 12.4 Å². The number of terminal acetylenes is 1. The maximum Gasteiger partial charge on any atom is 0.268 e. The van der Waals surface area contributed by atoms with Crippen LogP contribution in [0.4, 0.5) is 4.39 Å². The maximum absolute atomic E-state index is 14.2. The lowest BCUT2D eigenvalue weighted by Gasteiger charge is -2.10. The summed E-state index contributed by atoms with van der Waals surface area (Å²) in [5.41, 5.74) is 0.774. The van der Waals surface area contributed by atoms with Gasteiger partial charge < -0.3 is 4.57 Å². The highest BCUT2D eigenvalue weighted by molar-refractivity contribution is 7.16. The van der Waals surface area contributed by atoms with Gasteiger partial charge in [-0.25, -0.2) is 4.39 Å². The van der Waals surface area contributed by atoms with E-state index in [0.717, 1.165) is 16.2 Å². The van der Waals surface area contributed by atoms with Crippen LogP contribution < -0.4 is 4.80 Å². The SMILES string of the molecule is C#CCn1c(=NC(=O)CN2C(=O)c3ccccc3C2=O)sc2cccc(F)c21. The Morgan fingerprint density at radius 1 is 1.11 bits per heavy atom. The van der Waals surface area contributed by atoms with E-state index in [1.165, 1.54) is 22.8 Å². The molecule has 3 amide bonds. The number of carbonyl (C=O) groups is 3. The van der Waals surface area contributed by atoms with Crippen molar-refractivity contribution in [3.8, 4) is 12.3 Å². The van der Waals surface area contributed by atoms with Crippen LogP contribution >= 0.6 is 11.3 Å². The summed E-state index contributed by atoms with van der Waals surface area (Å²) in [4.78, 5) is 42.3. The van der Waals surface area contributed by atoms with Crippen LogP contribution in [0, 0.1) is 18.2 Å². The smallest absolute Gasteiger partial charge is 0.268 e. The van der Waals surface area contributed by atoms with Crippen molar-refractivity contribution in [1.29, 1.82) is 0 Å². The van der Waals surface area contributed by atoms with Gasteiger partial charge in [0.05, 0.1) is 27.9 Å². The number of fused-ring (bicyclic) bond motifs is 2. The average Bonchev–Trinajstić information content (AvgIpc) is 3.14. The molecule has 138 valence electrons. The fourth-order valence-electron chi connectivity index (χ4n) is 3.07. The molecule has 0 saturated heterocycles. The number of nitrogens with zero attached hydrogens (tertiary/aromatic N) is 3. The van der Waals surface area contributed by atoms with Crippen molar-refractivity contribution in [2.24, 2.45) is 4.99 Å². The third-order valence-electron chi connectivity index (χ3n) is 4.29. The molecule has 0 aliphatic carbocycles. The number of amides is 3. The Labute approximate surface area is 162 Å². The van der Waals surface area contributed by atoms with E-state index in [9.17, 15) is 18.8 Å². The van der Waals surface area contributed by atoms with Gasteiger partial charge in [-0.05, 0) is 24.3 Å². The third-order valence-corrected chi connectivity index (χ3v) is 5.34. The Morgan fingerprint density at radius 2 is 1.79 bits per heavy atom. The largest absolute Gasteiger partial charge is 0.302 e.